The number of aryl methyl sites for hydroxylation is 1. The van der Waals surface area contributed by atoms with Crippen LogP contribution in [0.4, 0.5) is 5.69 Å². The van der Waals surface area contributed by atoms with E-state index in [0.717, 1.165) is 43.3 Å². The number of nitrogens with one attached hydrogen (secondary N) is 1. The van der Waals surface area contributed by atoms with Crippen molar-refractivity contribution in [3.05, 3.63) is 29.3 Å². The lowest BCUT2D eigenvalue weighted by Crippen LogP contribution is -2.07. The molecule has 2 rings (SSSR count). The zero-order valence-corrected chi connectivity index (χ0v) is 10.9. The quantitative estimate of drug-likeness (QED) is 0.750. The summed E-state index contributed by atoms with van der Waals surface area (Å²) in [7, 11) is 0. The summed E-state index contributed by atoms with van der Waals surface area (Å²) in [4.78, 5) is 0. The van der Waals surface area contributed by atoms with Crippen molar-refractivity contribution in [2.24, 2.45) is 5.92 Å². The third kappa shape index (κ3) is 4.05. The van der Waals surface area contributed by atoms with Crippen LogP contribution in [0.15, 0.2) is 18.2 Å². The molecule has 1 fully saturated rings. The number of hydrogen-bond acceptors (Lipinski definition) is 3. The average molecular weight is 244 g/mol. The van der Waals surface area contributed by atoms with E-state index in [4.69, 9.17) is 10.00 Å². The third-order valence-electron chi connectivity index (χ3n) is 3.13. The molecule has 3 heteroatoms. The first-order chi connectivity index (χ1) is 8.79. The van der Waals surface area contributed by atoms with Gasteiger partial charge in [0.05, 0.1) is 11.3 Å². The number of nitrogens with zero attached hydrogens (tertiary/aromatic N) is 1. The van der Waals surface area contributed by atoms with Crippen molar-refractivity contribution in [1.29, 1.82) is 5.26 Å². The Morgan fingerprint density at radius 1 is 1.44 bits per heavy atom. The molecule has 1 aromatic rings. The van der Waals surface area contributed by atoms with Crippen molar-refractivity contribution in [2.45, 2.75) is 26.2 Å². The first-order valence-electron chi connectivity index (χ1n) is 6.62. The van der Waals surface area contributed by atoms with E-state index in [9.17, 15) is 0 Å². The highest BCUT2D eigenvalue weighted by atomic mass is 16.5. The molecule has 0 saturated heterocycles. The molecule has 18 heavy (non-hydrogen) atoms. The molecule has 0 unspecified atom stereocenters. The third-order valence-corrected chi connectivity index (χ3v) is 3.13. The Hall–Kier alpha value is -1.53. The van der Waals surface area contributed by atoms with Crippen molar-refractivity contribution >= 4 is 5.69 Å². The van der Waals surface area contributed by atoms with Crippen LogP contribution in [0.3, 0.4) is 0 Å². The molecule has 0 spiro atoms. The Morgan fingerprint density at radius 3 is 3.00 bits per heavy atom. The molecular formula is C15H20N2O. The maximum atomic E-state index is 9.04. The zero-order valence-electron chi connectivity index (χ0n) is 10.9. The van der Waals surface area contributed by atoms with Gasteiger partial charge in [0, 0.05) is 19.8 Å². The monoisotopic (exact) mass is 244 g/mol. The molecule has 0 aromatic heterocycles. The van der Waals surface area contributed by atoms with E-state index in [1.165, 1.54) is 12.8 Å². The Kier molecular flexibility index (Phi) is 4.60. The van der Waals surface area contributed by atoms with Gasteiger partial charge in [-0.1, -0.05) is 6.07 Å². The van der Waals surface area contributed by atoms with Crippen molar-refractivity contribution in [1.82, 2.24) is 0 Å². The number of hydrogen-bond donors (Lipinski definition) is 1. The molecule has 0 heterocycles. The molecule has 1 aromatic carbocycles. The molecule has 1 saturated carbocycles. The van der Waals surface area contributed by atoms with Gasteiger partial charge in [0.1, 0.15) is 6.07 Å². The van der Waals surface area contributed by atoms with Gasteiger partial charge < -0.3 is 10.1 Å². The molecular weight excluding hydrogens is 224 g/mol. The fourth-order valence-electron chi connectivity index (χ4n) is 1.84. The second-order valence-electron chi connectivity index (χ2n) is 4.96. The molecule has 0 amide bonds. The standard InChI is InChI=1S/C15H20N2O/c1-12-3-6-15(14(9-12)10-16)17-7-2-8-18-11-13-4-5-13/h3,6,9,13,17H,2,4-5,7-8,11H2,1H3. The minimum Gasteiger partial charge on any atom is -0.384 e. The van der Waals surface area contributed by atoms with E-state index in [1.807, 2.05) is 25.1 Å². The Morgan fingerprint density at radius 2 is 2.28 bits per heavy atom. The number of benzene rings is 1. The molecule has 0 aliphatic heterocycles. The number of rotatable bonds is 7. The summed E-state index contributed by atoms with van der Waals surface area (Å²) in [6, 6.07) is 8.12. The summed E-state index contributed by atoms with van der Waals surface area (Å²) in [5.74, 6) is 0.834. The smallest absolute Gasteiger partial charge is 0.101 e. The molecule has 0 atom stereocenters. The van der Waals surface area contributed by atoms with Gasteiger partial charge in [0.25, 0.3) is 0 Å². The van der Waals surface area contributed by atoms with E-state index in [-0.39, 0.29) is 0 Å². The Labute approximate surface area is 109 Å². The predicted molar refractivity (Wildman–Crippen MR) is 72.5 cm³/mol. The number of ether oxygens (including phenoxy) is 1. The summed E-state index contributed by atoms with van der Waals surface area (Å²) < 4.78 is 5.57. The van der Waals surface area contributed by atoms with E-state index in [0.29, 0.717) is 5.56 Å². The first kappa shape index (κ1) is 12.9. The van der Waals surface area contributed by atoms with Crippen molar-refractivity contribution in [3.63, 3.8) is 0 Å². The summed E-state index contributed by atoms with van der Waals surface area (Å²) in [5.41, 5.74) is 2.75. The fourth-order valence-corrected chi connectivity index (χ4v) is 1.84. The highest BCUT2D eigenvalue weighted by Gasteiger charge is 2.20. The lowest BCUT2D eigenvalue weighted by atomic mass is 10.1. The number of anilines is 1. The van der Waals surface area contributed by atoms with Crippen LogP contribution in [0.1, 0.15) is 30.4 Å². The van der Waals surface area contributed by atoms with Crippen molar-refractivity contribution in [3.8, 4) is 6.07 Å². The Balaban J connectivity index is 1.67. The van der Waals surface area contributed by atoms with Crippen molar-refractivity contribution in [2.75, 3.05) is 25.1 Å². The summed E-state index contributed by atoms with van der Waals surface area (Å²) in [5, 5.41) is 12.3. The van der Waals surface area contributed by atoms with Crippen LogP contribution in [0.2, 0.25) is 0 Å². The SMILES string of the molecule is Cc1ccc(NCCCOCC2CC2)c(C#N)c1. The molecule has 0 radical (unpaired) electrons. The van der Waals surface area contributed by atoms with E-state index in [2.05, 4.69) is 11.4 Å². The van der Waals surface area contributed by atoms with Gasteiger partial charge in [0.15, 0.2) is 0 Å². The van der Waals surface area contributed by atoms with Crippen LogP contribution in [-0.4, -0.2) is 19.8 Å². The topological polar surface area (TPSA) is 45.0 Å². The molecule has 1 aliphatic carbocycles. The number of nitriles is 1. The minimum atomic E-state index is 0.717. The van der Waals surface area contributed by atoms with Gasteiger partial charge in [-0.05, 0) is 49.8 Å². The summed E-state index contributed by atoms with van der Waals surface area (Å²) in [6.45, 7) is 4.57. The highest BCUT2D eigenvalue weighted by Crippen LogP contribution is 2.28. The molecule has 1 aliphatic rings. The maximum absolute atomic E-state index is 9.04. The second-order valence-corrected chi connectivity index (χ2v) is 4.96. The molecule has 1 N–H and O–H groups in total. The fraction of sp³-hybridized carbons (Fsp3) is 0.533. The Bertz CT molecular complexity index is 433. The van der Waals surface area contributed by atoms with E-state index < -0.39 is 0 Å². The normalized spacial score (nSPS) is 14.2. The lowest BCUT2D eigenvalue weighted by molar-refractivity contribution is 0.124. The lowest BCUT2D eigenvalue weighted by Gasteiger charge is -2.09. The molecule has 96 valence electrons. The largest absolute Gasteiger partial charge is 0.384 e. The molecule has 0 bridgehead atoms. The van der Waals surface area contributed by atoms with Crippen LogP contribution < -0.4 is 5.32 Å². The van der Waals surface area contributed by atoms with E-state index >= 15 is 0 Å². The minimum absolute atomic E-state index is 0.717. The van der Waals surface area contributed by atoms with Gasteiger partial charge in [-0.15, -0.1) is 0 Å². The maximum Gasteiger partial charge on any atom is 0.101 e. The summed E-state index contributed by atoms with van der Waals surface area (Å²) >= 11 is 0. The van der Waals surface area contributed by atoms with Crippen LogP contribution in [0.5, 0.6) is 0 Å². The first-order valence-corrected chi connectivity index (χ1v) is 6.62. The van der Waals surface area contributed by atoms with Gasteiger partial charge in [-0.25, -0.2) is 0 Å². The van der Waals surface area contributed by atoms with Gasteiger partial charge in [-0.2, -0.15) is 5.26 Å². The summed E-state index contributed by atoms with van der Waals surface area (Å²) in [6.07, 6.45) is 3.66. The van der Waals surface area contributed by atoms with E-state index in [1.54, 1.807) is 0 Å². The van der Waals surface area contributed by atoms with Gasteiger partial charge >= 0.3 is 0 Å². The average Bonchev–Trinajstić information content (AvgIpc) is 3.19. The zero-order chi connectivity index (χ0) is 12.8. The van der Waals surface area contributed by atoms with Crippen LogP contribution >= 0.6 is 0 Å². The second kappa shape index (κ2) is 6.42. The molecule has 3 nitrogen and oxygen atoms in total. The van der Waals surface area contributed by atoms with Gasteiger partial charge in [0.2, 0.25) is 0 Å². The highest BCUT2D eigenvalue weighted by molar-refractivity contribution is 5.58. The van der Waals surface area contributed by atoms with Gasteiger partial charge in [-0.3, -0.25) is 0 Å². The van der Waals surface area contributed by atoms with Crippen LogP contribution in [0.25, 0.3) is 0 Å². The predicted octanol–water partition coefficient (Wildman–Crippen LogP) is 3.10. The van der Waals surface area contributed by atoms with Crippen LogP contribution in [0, 0.1) is 24.2 Å². The van der Waals surface area contributed by atoms with Crippen LogP contribution in [-0.2, 0) is 4.74 Å². The van der Waals surface area contributed by atoms with Crippen molar-refractivity contribution < 1.29 is 4.74 Å².